The van der Waals surface area contributed by atoms with E-state index < -0.39 is 0 Å². The van der Waals surface area contributed by atoms with E-state index in [1.807, 2.05) is 41.1 Å². The fourth-order valence-electron chi connectivity index (χ4n) is 1.91. The second kappa shape index (κ2) is 5.15. The summed E-state index contributed by atoms with van der Waals surface area (Å²) in [5.41, 5.74) is 2.92. The maximum atomic E-state index is 9.18. The van der Waals surface area contributed by atoms with E-state index in [0.29, 0.717) is 5.92 Å². The molecule has 0 aliphatic carbocycles. The van der Waals surface area contributed by atoms with E-state index in [1.165, 1.54) is 0 Å². The van der Waals surface area contributed by atoms with Crippen LogP contribution in [-0.4, -0.2) is 14.9 Å². The lowest BCUT2D eigenvalue weighted by atomic mass is 10.1. The molecule has 0 saturated heterocycles. The molecule has 1 N–H and O–H groups in total. The molecule has 3 nitrogen and oxygen atoms in total. The van der Waals surface area contributed by atoms with Gasteiger partial charge in [-0.3, -0.25) is 0 Å². The standard InChI is InChI=1S/C14H18N2O/c1-11(2)8-14-9-12(10-17)15-16(14)13-6-4-3-5-7-13/h3-7,9,11,17H,8,10H2,1-2H3. The van der Waals surface area contributed by atoms with Crippen molar-refractivity contribution < 1.29 is 5.11 Å². The maximum absolute atomic E-state index is 9.18. The Bertz CT molecular complexity index is 474. The number of aromatic nitrogens is 2. The fourth-order valence-corrected chi connectivity index (χ4v) is 1.91. The molecule has 3 heteroatoms. The summed E-state index contributed by atoms with van der Waals surface area (Å²) in [5.74, 6) is 0.570. The molecule has 2 rings (SSSR count). The van der Waals surface area contributed by atoms with E-state index in [9.17, 15) is 5.11 Å². The van der Waals surface area contributed by atoms with Gasteiger partial charge < -0.3 is 5.11 Å². The van der Waals surface area contributed by atoms with Crippen molar-refractivity contribution >= 4 is 0 Å². The second-order valence-electron chi connectivity index (χ2n) is 4.63. The first-order valence-corrected chi connectivity index (χ1v) is 5.95. The van der Waals surface area contributed by atoms with Crippen molar-refractivity contribution in [3.63, 3.8) is 0 Å². The average Bonchev–Trinajstić information content (AvgIpc) is 2.72. The number of aliphatic hydroxyl groups excluding tert-OH is 1. The highest BCUT2D eigenvalue weighted by Gasteiger charge is 2.10. The average molecular weight is 230 g/mol. The minimum absolute atomic E-state index is 0.00900. The van der Waals surface area contributed by atoms with Gasteiger partial charge in [0, 0.05) is 5.69 Å². The Kier molecular flexibility index (Phi) is 3.59. The van der Waals surface area contributed by atoms with Crippen LogP contribution in [0, 0.1) is 5.92 Å². The third kappa shape index (κ3) is 2.74. The molecule has 0 amide bonds. The second-order valence-corrected chi connectivity index (χ2v) is 4.63. The molecule has 0 fully saturated rings. The smallest absolute Gasteiger partial charge is 0.0886 e. The molecule has 0 aliphatic heterocycles. The van der Waals surface area contributed by atoms with Crippen molar-refractivity contribution in [2.45, 2.75) is 26.9 Å². The van der Waals surface area contributed by atoms with Crippen LogP contribution in [0.4, 0.5) is 0 Å². The lowest BCUT2D eigenvalue weighted by Gasteiger charge is -2.08. The predicted octanol–water partition coefficient (Wildman–Crippen LogP) is 2.56. The molecule has 0 unspecified atom stereocenters. The number of hydrogen-bond donors (Lipinski definition) is 1. The molecule has 17 heavy (non-hydrogen) atoms. The summed E-state index contributed by atoms with van der Waals surface area (Å²) in [5, 5.41) is 13.6. The maximum Gasteiger partial charge on any atom is 0.0886 e. The SMILES string of the molecule is CC(C)Cc1cc(CO)nn1-c1ccccc1. The van der Waals surface area contributed by atoms with Gasteiger partial charge >= 0.3 is 0 Å². The Morgan fingerprint density at radius 2 is 1.94 bits per heavy atom. The first-order chi connectivity index (χ1) is 8.20. The van der Waals surface area contributed by atoms with Crippen molar-refractivity contribution in [2.75, 3.05) is 0 Å². The molecule has 1 heterocycles. The monoisotopic (exact) mass is 230 g/mol. The van der Waals surface area contributed by atoms with Gasteiger partial charge in [0.2, 0.25) is 0 Å². The topological polar surface area (TPSA) is 38.1 Å². The van der Waals surface area contributed by atoms with Crippen molar-refractivity contribution in [3.05, 3.63) is 47.8 Å². The number of benzene rings is 1. The molecule has 0 atom stereocenters. The Labute approximate surface area is 102 Å². The third-order valence-corrected chi connectivity index (χ3v) is 2.61. The van der Waals surface area contributed by atoms with E-state index >= 15 is 0 Å². The van der Waals surface area contributed by atoms with Crippen LogP contribution < -0.4 is 0 Å². The number of rotatable bonds is 4. The highest BCUT2D eigenvalue weighted by Crippen LogP contribution is 2.16. The molecule has 1 aromatic heterocycles. The Morgan fingerprint density at radius 1 is 1.24 bits per heavy atom. The lowest BCUT2D eigenvalue weighted by molar-refractivity contribution is 0.276. The summed E-state index contributed by atoms with van der Waals surface area (Å²) in [6, 6.07) is 12.0. The molecular formula is C14H18N2O. The first-order valence-electron chi connectivity index (χ1n) is 5.95. The van der Waals surface area contributed by atoms with Crippen molar-refractivity contribution in [1.29, 1.82) is 0 Å². The summed E-state index contributed by atoms with van der Waals surface area (Å²) < 4.78 is 1.92. The molecule has 90 valence electrons. The molecule has 0 spiro atoms. The summed E-state index contributed by atoms with van der Waals surface area (Å²) in [6.45, 7) is 4.35. The zero-order chi connectivity index (χ0) is 12.3. The first kappa shape index (κ1) is 11.9. The summed E-state index contributed by atoms with van der Waals surface area (Å²) in [7, 11) is 0. The van der Waals surface area contributed by atoms with Crippen LogP contribution in [0.5, 0.6) is 0 Å². The van der Waals surface area contributed by atoms with Crippen LogP contribution in [-0.2, 0) is 13.0 Å². The normalized spacial score (nSPS) is 11.1. The van der Waals surface area contributed by atoms with Crippen LogP contribution in [0.25, 0.3) is 5.69 Å². The van der Waals surface area contributed by atoms with E-state index in [4.69, 9.17) is 0 Å². The Hall–Kier alpha value is -1.61. The number of hydrogen-bond acceptors (Lipinski definition) is 2. The fraction of sp³-hybridized carbons (Fsp3) is 0.357. The van der Waals surface area contributed by atoms with E-state index in [1.54, 1.807) is 0 Å². The van der Waals surface area contributed by atoms with E-state index in [2.05, 4.69) is 18.9 Å². The van der Waals surface area contributed by atoms with Gasteiger partial charge in [0.05, 0.1) is 18.0 Å². The van der Waals surface area contributed by atoms with Gasteiger partial charge in [-0.05, 0) is 30.5 Å². The van der Waals surface area contributed by atoms with Crippen molar-refractivity contribution in [3.8, 4) is 5.69 Å². The summed E-state index contributed by atoms with van der Waals surface area (Å²) in [4.78, 5) is 0. The molecule has 0 aliphatic rings. The van der Waals surface area contributed by atoms with Crippen LogP contribution in [0.1, 0.15) is 25.2 Å². The van der Waals surface area contributed by atoms with Crippen LogP contribution in [0.15, 0.2) is 36.4 Å². The molecule has 0 bridgehead atoms. The number of para-hydroxylation sites is 1. The van der Waals surface area contributed by atoms with Gasteiger partial charge in [-0.15, -0.1) is 0 Å². The highest BCUT2D eigenvalue weighted by atomic mass is 16.3. The van der Waals surface area contributed by atoms with E-state index in [-0.39, 0.29) is 6.61 Å². The van der Waals surface area contributed by atoms with Crippen molar-refractivity contribution in [1.82, 2.24) is 9.78 Å². The van der Waals surface area contributed by atoms with Gasteiger partial charge in [0.15, 0.2) is 0 Å². The zero-order valence-corrected chi connectivity index (χ0v) is 10.3. The quantitative estimate of drug-likeness (QED) is 0.876. The molecular weight excluding hydrogens is 212 g/mol. The Morgan fingerprint density at radius 3 is 2.53 bits per heavy atom. The van der Waals surface area contributed by atoms with Gasteiger partial charge in [-0.2, -0.15) is 5.10 Å². The van der Waals surface area contributed by atoms with Crippen LogP contribution in [0.2, 0.25) is 0 Å². The predicted molar refractivity (Wildman–Crippen MR) is 68.0 cm³/mol. The Balaban J connectivity index is 2.41. The molecule has 0 saturated carbocycles. The van der Waals surface area contributed by atoms with Gasteiger partial charge in [-0.1, -0.05) is 32.0 Å². The van der Waals surface area contributed by atoms with Crippen LogP contribution in [0.3, 0.4) is 0 Å². The summed E-state index contributed by atoms with van der Waals surface area (Å²) in [6.07, 6.45) is 0.960. The number of nitrogens with zero attached hydrogens (tertiary/aromatic N) is 2. The highest BCUT2D eigenvalue weighted by molar-refractivity contribution is 5.33. The van der Waals surface area contributed by atoms with Gasteiger partial charge in [-0.25, -0.2) is 4.68 Å². The largest absolute Gasteiger partial charge is 0.390 e. The minimum Gasteiger partial charge on any atom is -0.390 e. The lowest BCUT2D eigenvalue weighted by Crippen LogP contribution is -2.05. The summed E-state index contributed by atoms with van der Waals surface area (Å²) >= 11 is 0. The van der Waals surface area contributed by atoms with Gasteiger partial charge in [0.1, 0.15) is 0 Å². The molecule has 1 aromatic carbocycles. The molecule has 2 aromatic rings. The van der Waals surface area contributed by atoms with Crippen molar-refractivity contribution in [2.24, 2.45) is 5.92 Å². The third-order valence-electron chi connectivity index (χ3n) is 2.61. The van der Waals surface area contributed by atoms with Crippen LogP contribution >= 0.6 is 0 Å². The van der Waals surface area contributed by atoms with Gasteiger partial charge in [0.25, 0.3) is 0 Å². The van der Waals surface area contributed by atoms with E-state index in [0.717, 1.165) is 23.5 Å². The minimum atomic E-state index is -0.00900. The molecule has 0 radical (unpaired) electrons. The number of aliphatic hydroxyl groups is 1. The zero-order valence-electron chi connectivity index (χ0n) is 10.3.